The summed E-state index contributed by atoms with van der Waals surface area (Å²) in [4.78, 5) is 18.9. The predicted octanol–water partition coefficient (Wildman–Crippen LogP) is 0.829. The van der Waals surface area contributed by atoms with E-state index in [0.717, 1.165) is 5.56 Å². The lowest BCUT2D eigenvalue weighted by molar-refractivity contribution is 0.0690. The summed E-state index contributed by atoms with van der Waals surface area (Å²) in [6, 6.07) is 1.43. The molecule has 0 aliphatic rings. The number of carboxylic acid groups (broad SMARTS) is 1. The molecular weight excluding hydrogens is 234 g/mol. The second-order valence-corrected chi connectivity index (χ2v) is 3.90. The molecule has 0 aliphatic heterocycles. The number of anilines is 1. The van der Waals surface area contributed by atoms with Crippen LogP contribution >= 0.6 is 0 Å². The number of hydrogen-bond donors (Lipinski definition) is 2. The highest BCUT2D eigenvalue weighted by atomic mass is 16.4. The molecule has 0 spiro atoms. The molecule has 0 saturated heterocycles. The molecule has 0 saturated carbocycles. The van der Waals surface area contributed by atoms with Crippen molar-refractivity contribution in [2.75, 3.05) is 5.32 Å². The molecule has 0 radical (unpaired) electrons. The van der Waals surface area contributed by atoms with Gasteiger partial charge in [-0.2, -0.15) is 5.10 Å². The fourth-order valence-corrected chi connectivity index (χ4v) is 1.50. The van der Waals surface area contributed by atoms with Gasteiger partial charge in [-0.3, -0.25) is 4.68 Å². The normalized spacial score (nSPS) is 10.3. The van der Waals surface area contributed by atoms with Crippen molar-refractivity contribution >= 4 is 11.9 Å². The fourth-order valence-electron chi connectivity index (χ4n) is 1.50. The Kier molecular flexibility index (Phi) is 3.22. The smallest absolute Gasteiger partial charge is 0.354 e. The Hall–Kier alpha value is -2.44. The van der Waals surface area contributed by atoms with Gasteiger partial charge in [-0.25, -0.2) is 14.8 Å². The van der Waals surface area contributed by atoms with E-state index in [2.05, 4.69) is 20.4 Å². The monoisotopic (exact) mass is 247 g/mol. The number of aromatic nitrogens is 4. The van der Waals surface area contributed by atoms with E-state index in [-0.39, 0.29) is 5.69 Å². The van der Waals surface area contributed by atoms with Crippen LogP contribution in [0.5, 0.6) is 0 Å². The van der Waals surface area contributed by atoms with Crippen molar-refractivity contribution in [2.24, 2.45) is 7.05 Å². The highest BCUT2D eigenvalue weighted by molar-refractivity contribution is 5.85. The van der Waals surface area contributed by atoms with Crippen molar-refractivity contribution in [3.05, 3.63) is 35.4 Å². The van der Waals surface area contributed by atoms with Crippen LogP contribution in [-0.2, 0) is 13.6 Å². The summed E-state index contributed by atoms with van der Waals surface area (Å²) in [5, 5.41) is 15.9. The maximum Gasteiger partial charge on any atom is 0.354 e. The zero-order valence-corrected chi connectivity index (χ0v) is 10.1. The molecule has 0 fully saturated rings. The molecule has 0 atom stereocenters. The minimum Gasteiger partial charge on any atom is -0.477 e. The maximum absolute atomic E-state index is 10.9. The molecule has 0 bridgehead atoms. The van der Waals surface area contributed by atoms with Gasteiger partial charge in [0.15, 0.2) is 5.69 Å². The largest absolute Gasteiger partial charge is 0.477 e. The maximum atomic E-state index is 10.9. The Balaban J connectivity index is 2.11. The number of hydrogen-bond acceptors (Lipinski definition) is 5. The number of nitrogens with zero attached hydrogens (tertiary/aromatic N) is 4. The molecule has 2 N–H and O–H groups in total. The second-order valence-electron chi connectivity index (χ2n) is 3.90. The zero-order chi connectivity index (χ0) is 13.1. The third kappa shape index (κ3) is 2.82. The van der Waals surface area contributed by atoms with Gasteiger partial charge in [0.25, 0.3) is 0 Å². The Labute approximate surface area is 104 Å². The van der Waals surface area contributed by atoms with Gasteiger partial charge in [0.2, 0.25) is 5.95 Å². The standard InChI is InChI=1S/C11H13N5O2/c1-7-3-9(10(17)18)15-11(14-7)12-4-8-5-13-16(2)6-8/h3,5-6H,4H2,1-2H3,(H,17,18)(H,12,14,15). The average Bonchev–Trinajstić information content (AvgIpc) is 2.72. The quantitative estimate of drug-likeness (QED) is 0.831. The lowest BCUT2D eigenvalue weighted by Gasteiger charge is -2.05. The fraction of sp³-hybridized carbons (Fsp3) is 0.273. The summed E-state index contributed by atoms with van der Waals surface area (Å²) in [6.07, 6.45) is 3.59. The topological polar surface area (TPSA) is 92.9 Å². The van der Waals surface area contributed by atoms with Crippen LogP contribution in [0.2, 0.25) is 0 Å². The van der Waals surface area contributed by atoms with Gasteiger partial charge in [0.05, 0.1) is 6.20 Å². The van der Waals surface area contributed by atoms with E-state index in [9.17, 15) is 4.79 Å². The SMILES string of the molecule is Cc1cc(C(=O)O)nc(NCc2cnn(C)c2)n1. The van der Waals surface area contributed by atoms with Gasteiger partial charge in [0.1, 0.15) is 0 Å². The first-order valence-corrected chi connectivity index (χ1v) is 5.35. The second kappa shape index (κ2) is 4.82. The van der Waals surface area contributed by atoms with E-state index in [4.69, 9.17) is 5.11 Å². The number of aryl methyl sites for hydroxylation is 2. The van der Waals surface area contributed by atoms with E-state index < -0.39 is 5.97 Å². The van der Waals surface area contributed by atoms with Gasteiger partial charge in [0, 0.05) is 31.0 Å². The molecule has 0 unspecified atom stereocenters. The van der Waals surface area contributed by atoms with Crippen molar-refractivity contribution in [2.45, 2.75) is 13.5 Å². The summed E-state index contributed by atoms with van der Waals surface area (Å²) < 4.78 is 1.69. The third-order valence-electron chi connectivity index (χ3n) is 2.28. The Bertz CT molecular complexity index is 579. The molecular formula is C11H13N5O2. The van der Waals surface area contributed by atoms with Crippen LogP contribution in [0.1, 0.15) is 21.7 Å². The van der Waals surface area contributed by atoms with E-state index in [0.29, 0.717) is 18.2 Å². The van der Waals surface area contributed by atoms with Crippen LogP contribution in [-0.4, -0.2) is 30.8 Å². The number of carbonyl (C=O) groups is 1. The molecule has 0 aromatic carbocycles. The molecule has 7 heteroatoms. The number of nitrogens with one attached hydrogen (secondary N) is 1. The molecule has 94 valence electrons. The first-order valence-electron chi connectivity index (χ1n) is 5.35. The zero-order valence-electron chi connectivity index (χ0n) is 10.1. The summed E-state index contributed by atoms with van der Waals surface area (Å²) in [6.45, 7) is 2.22. The molecule has 2 rings (SSSR count). The molecule has 18 heavy (non-hydrogen) atoms. The highest BCUT2D eigenvalue weighted by Crippen LogP contribution is 2.07. The van der Waals surface area contributed by atoms with Crippen LogP contribution in [0.25, 0.3) is 0 Å². The molecule has 0 aliphatic carbocycles. The van der Waals surface area contributed by atoms with Crippen LogP contribution in [0.15, 0.2) is 18.5 Å². The Morgan fingerprint density at radius 1 is 1.50 bits per heavy atom. The van der Waals surface area contributed by atoms with Crippen LogP contribution in [0.4, 0.5) is 5.95 Å². The lowest BCUT2D eigenvalue weighted by Crippen LogP contribution is -2.08. The van der Waals surface area contributed by atoms with Crippen LogP contribution in [0.3, 0.4) is 0 Å². The van der Waals surface area contributed by atoms with Gasteiger partial charge in [-0.1, -0.05) is 0 Å². The minimum absolute atomic E-state index is 0.0174. The van der Waals surface area contributed by atoms with Crippen molar-refractivity contribution < 1.29 is 9.90 Å². The minimum atomic E-state index is -1.06. The van der Waals surface area contributed by atoms with Crippen molar-refractivity contribution in [1.82, 2.24) is 19.7 Å². The molecule has 2 heterocycles. The first kappa shape index (κ1) is 12.0. The lowest BCUT2D eigenvalue weighted by atomic mass is 10.3. The van der Waals surface area contributed by atoms with E-state index in [1.807, 2.05) is 13.2 Å². The summed E-state index contributed by atoms with van der Waals surface area (Å²) in [5.41, 5.74) is 1.56. The van der Waals surface area contributed by atoms with Crippen molar-refractivity contribution in [3.8, 4) is 0 Å². The van der Waals surface area contributed by atoms with Crippen LogP contribution < -0.4 is 5.32 Å². The number of carboxylic acids is 1. The Morgan fingerprint density at radius 3 is 2.89 bits per heavy atom. The summed E-state index contributed by atoms with van der Waals surface area (Å²) >= 11 is 0. The van der Waals surface area contributed by atoms with Gasteiger partial charge in [-0.05, 0) is 13.0 Å². The van der Waals surface area contributed by atoms with Crippen molar-refractivity contribution in [3.63, 3.8) is 0 Å². The summed E-state index contributed by atoms with van der Waals surface area (Å²) in [5.74, 6) is -0.763. The molecule has 7 nitrogen and oxygen atoms in total. The van der Waals surface area contributed by atoms with Gasteiger partial charge < -0.3 is 10.4 Å². The van der Waals surface area contributed by atoms with E-state index >= 15 is 0 Å². The predicted molar refractivity (Wildman–Crippen MR) is 64.3 cm³/mol. The van der Waals surface area contributed by atoms with Gasteiger partial charge in [-0.15, -0.1) is 0 Å². The highest BCUT2D eigenvalue weighted by Gasteiger charge is 2.08. The van der Waals surface area contributed by atoms with E-state index in [1.165, 1.54) is 6.07 Å². The third-order valence-corrected chi connectivity index (χ3v) is 2.28. The number of aromatic carboxylic acids is 1. The van der Waals surface area contributed by atoms with Crippen molar-refractivity contribution in [1.29, 1.82) is 0 Å². The first-order chi connectivity index (χ1) is 8.54. The molecule has 2 aromatic rings. The molecule has 0 amide bonds. The van der Waals surface area contributed by atoms with Crippen LogP contribution in [0, 0.1) is 6.92 Å². The average molecular weight is 247 g/mol. The molecule has 2 aromatic heterocycles. The van der Waals surface area contributed by atoms with E-state index in [1.54, 1.807) is 17.8 Å². The summed E-state index contributed by atoms with van der Waals surface area (Å²) in [7, 11) is 1.83. The van der Waals surface area contributed by atoms with Gasteiger partial charge >= 0.3 is 5.97 Å². The Morgan fingerprint density at radius 2 is 2.28 bits per heavy atom. The number of rotatable bonds is 4.